The summed E-state index contributed by atoms with van der Waals surface area (Å²) >= 11 is 1.44. The number of aryl methyl sites for hydroxylation is 2. The van der Waals surface area contributed by atoms with Crippen LogP contribution in [0.1, 0.15) is 39.7 Å². The number of rotatable bonds is 5. The van der Waals surface area contributed by atoms with E-state index < -0.39 is 12.1 Å². The number of aromatic amines is 1. The highest BCUT2D eigenvalue weighted by molar-refractivity contribution is 7.18. The van der Waals surface area contributed by atoms with Crippen molar-refractivity contribution in [2.24, 2.45) is 0 Å². The Morgan fingerprint density at radius 3 is 2.63 bits per heavy atom. The van der Waals surface area contributed by atoms with E-state index in [-0.39, 0.29) is 11.1 Å². The van der Waals surface area contributed by atoms with E-state index in [9.17, 15) is 9.59 Å². The number of fused-ring (bicyclic) bond motifs is 1. The van der Waals surface area contributed by atoms with Gasteiger partial charge >= 0.3 is 5.97 Å². The first-order valence-corrected chi connectivity index (χ1v) is 9.10. The minimum atomic E-state index is -0.742. The van der Waals surface area contributed by atoms with Gasteiger partial charge in [0.05, 0.1) is 19.6 Å². The molecule has 0 radical (unpaired) electrons. The number of nitrogens with one attached hydrogen (secondary N) is 1. The molecule has 0 saturated carbocycles. The molecule has 1 atom stereocenters. The Labute approximate surface area is 159 Å². The fraction of sp³-hybridized carbons (Fsp3) is 0.316. The molecule has 2 aromatic heterocycles. The van der Waals surface area contributed by atoms with Crippen LogP contribution in [0, 0.1) is 13.8 Å². The van der Waals surface area contributed by atoms with Gasteiger partial charge in [0.2, 0.25) is 0 Å². The molecule has 0 aliphatic heterocycles. The van der Waals surface area contributed by atoms with Gasteiger partial charge in [-0.15, -0.1) is 11.3 Å². The summed E-state index contributed by atoms with van der Waals surface area (Å²) in [7, 11) is 2.94. The van der Waals surface area contributed by atoms with Crippen LogP contribution < -0.4 is 15.0 Å². The predicted molar refractivity (Wildman–Crippen MR) is 103 cm³/mol. The summed E-state index contributed by atoms with van der Waals surface area (Å²) in [6.07, 6.45) is -0.742. The molecule has 3 aromatic rings. The Hall–Kier alpha value is -2.87. The van der Waals surface area contributed by atoms with E-state index in [1.165, 1.54) is 25.6 Å². The minimum Gasteiger partial charge on any atom is -0.493 e. The zero-order valence-electron chi connectivity index (χ0n) is 15.7. The number of esters is 1. The molecular weight excluding hydrogens is 368 g/mol. The standard InChI is InChI=1S/C19H20N2O5S/c1-9-11(3)27-18-14(9)17(22)20-16(21-18)10(2)26-19(23)12-7-6-8-13(24-4)15(12)25-5/h6-8,10H,1-5H3,(H,20,21,22)/t10-/m1/s1. The largest absolute Gasteiger partial charge is 0.493 e. The first kappa shape index (κ1) is 18.9. The molecule has 0 bridgehead atoms. The van der Waals surface area contributed by atoms with Crippen LogP contribution in [0.3, 0.4) is 0 Å². The highest BCUT2D eigenvalue weighted by atomic mass is 32.1. The van der Waals surface area contributed by atoms with E-state index in [0.29, 0.717) is 27.5 Å². The zero-order chi connectivity index (χ0) is 19.7. The molecule has 3 rings (SSSR count). The van der Waals surface area contributed by atoms with Gasteiger partial charge in [-0.2, -0.15) is 0 Å². The van der Waals surface area contributed by atoms with Crippen molar-refractivity contribution in [3.8, 4) is 11.5 Å². The lowest BCUT2D eigenvalue weighted by Gasteiger charge is -2.15. The lowest BCUT2D eigenvalue weighted by atomic mass is 10.2. The second-order valence-corrected chi connectivity index (χ2v) is 7.21. The normalized spacial score (nSPS) is 12.0. The van der Waals surface area contributed by atoms with E-state index in [1.54, 1.807) is 25.1 Å². The van der Waals surface area contributed by atoms with E-state index in [4.69, 9.17) is 14.2 Å². The molecule has 0 aliphatic rings. The van der Waals surface area contributed by atoms with Crippen molar-refractivity contribution in [2.75, 3.05) is 14.2 Å². The summed E-state index contributed by atoms with van der Waals surface area (Å²) in [6.45, 7) is 5.49. The van der Waals surface area contributed by atoms with Crippen LogP contribution >= 0.6 is 11.3 Å². The van der Waals surface area contributed by atoms with Crippen molar-refractivity contribution >= 4 is 27.5 Å². The van der Waals surface area contributed by atoms with Crippen LogP contribution in [0.15, 0.2) is 23.0 Å². The van der Waals surface area contributed by atoms with E-state index in [0.717, 1.165) is 10.4 Å². The van der Waals surface area contributed by atoms with E-state index >= 15 is 0 Å². The maximum Gasteiger partial charge on any atom is 0.342 e. The lowest BCUT2D eigenvalue weighted by molar-refractivity contribution is 0.0316. The number of benzene rings is 1. The van der Waals surface area contributed by atoms with Crippen LogP contribution in [0.25, 0.3) is 10.2 Å². The number of methoxy groups -OCH3 is 2. The Morgan fingerprint density at radius 2 is 1.96 bits per heavy atom. The summed E-state index contributed by atoms with van der Waals surface area (Å²) in [6, 6.07) is 4.95. The molecule has 0 saturated heterocycles. The Morgan fingerprint density at radius 1 is 1.22 bits per heavy atom. The number of para-hydroxylation sites is 1. The molecule has 0 unspecified atom stereocenters. The molecule has 0 fully saturated rings. The highest BCUT2D eigenvalue weighted by Crippen LogP contribution is 2.32. The van der Waals surface area contributed by atoms with Gasteiger partial charge in [-0.1, -0.05) is 6.07 Å². The minimum absolute atomic E-state index is 0.231. The maximum atomic E-state index is 12.6. The summed E-state index contributed by atoms with van der Waals surface area (Å²) in [5, 5.41) is 0.578. The smallest absolute Gasteiger partial charge is 0.342 e. The average molecular weight is 388 g/mol. The second kappa shape index (κ2) is 7.40. The van der Waals surface area contributed by atoms with E-state index in [1.807, 2.05) is 13.8 Å². The molecule has 8 heteroatoms. The predicted octanol–water partition coefficient (Wildman–Crippen LogP) is 3.54. The van der Waals surface area contributed by atoms with E-state index in [2.05, 4.69) is 9.97 Å². The van der Waals surface area contributed by atoms with Crippen LogP contribution in [-0.4, -0.2) is 30.2 Å². The summed E-state index contributed by atoms with van der Waals surface area (Å²) in [4.78, 5) is 33.9. The van der Waals surface area contributed by atoms with Crippen molar-refractivity contribution in [3.05, 3.63) is 50.4 Å². The number of hydrogen-bond donors (Lipinski definition) is 1. The molecule has 2 heterocycles. The van der Waals surface area contributed by atoms with Crippen LogP contribution in [-0.2, 0) is 4.74 Å². The van der Waals surface area contributed by atoms with Gasteiger partial charge in [0.25, 0.3) is 5.56 Å². The third-order valence-corrected chi connectivity index (χ3v) is 5.45. The van der Waals surface area contributed by atoms with Crippen molar-refractivity contribution in [1.29, 1.82) is 0 Å². The SMILES string of the molecule is COc1cccc(C(=O)O[C@H](C)c2nc3sc(C)c(C)c3c(=O)[nH]2)c1OC. The fourth-order valence-electron chi connectivity index (χ4n) is 2.79. The first-order valence-electron chi connectivity index (χ1n) is 8.29. The van der Waals surface area contributed by atoms with Gasteiger partial charge in [0.15, 0.2) is 23.4 Å². The van der Waals surface area contributed by atoms with Crippen LogP contribution in [0.2, 0.25) is 0 Å². The molecule has 1 N–H and O–H groups in total. The zero-order valence-corrected chi connectivity index (χ0v) is 16.5. The van der Waals surface area contributed by atoms with Gasteiger partial charge in [0, 0.05) is 4.88 Å². The Kier molecular flexibility index (Phi) is 5.18. The average Bonchev–Trinajstić information content (AvgIpc) is 2.94. The van der Waals surface area contributed by atoms with Crippen molar-refractivity contribution in [1.82, 2.24) is 9.97 Å². The molecule has 27 heavy (non-hydrogen) atoms. The third-order valence-electron chi connectivity index (χ3n) is 4.35. The highest BCUT2D eigenvalue weighted by Gasteiger charge is 2.22. The molecule has 0 amide bonds. The number of hydrogen-bond acceptors (Lipinski definition) is 7. The molecular formula is C19H20N2O5S. The third kappa shape index (κ3) is 3.40. The number of aromatic nitrogens is 2. The van der Waals surface area contributed by atoms with Crippen molar-refractivity contribution in [2.45, 2.75) is 26.9 Å². The topological polar surface area (TPSA) is 90.5 Å². The first-order chi connectivity index (χ1) is 12.9. The Bertz CT molecular complexity index is 1070. The molecule has 142 valence electrons. The molecule has 7 nitrogen and oxygen atoms in total. The number of thiophene rings is 1. The summed E-state index contributed by atoms with van der Waals surface area (Å²) in [5.41, 5.74) is 0.912. The monoisotopic (exact) mass is 388 g/mol. The molecule has 0 aliphatic carbocycles. The Balaban J connectivity index is 1.92. The van der Waals surface area contributed by atoms with Gasteiger partial charge in [-0.25, -0.2) is 9.78 Å². The summed E-state index contributed by atoms with van der Waals surface area (Å²) in [5.74, 6) is 0.416. The maximum absolute atomic E-state index is 12.6. The van der Waals surface area contributed by atoms with Gasteiger partial charge in [0.1, 0.15) is 10.4 Å². The lowest BCUT2D eigenvalue weighted by Crippen LogP contribution is -2.17. The van der Waals surface area contributed by atoms with Gasteiger partial charge in [-0.3, -0.25) is 4.79 Å². The van der Waals surface area contributed by atoms with Gasteiger partial charge < -0.3 is 19.2 Å². The summed E-state index contributed by atoms with van der Waals surface area (Å²) < 4.78 is 16.0. The number of carbonyl (C=O) groups is 1. The number of carbonyl (C=O) groups excluding carboxylic acids is 1. The number of ether oxygens (including phenoxy) is 3. The number of H-pyrrole nitrogens is 1. The van der Waals surface area contributed by atoms with Crippen LogP contribution in [0.5, 0.6) is 11.5 Å². The van der Waals surface area contributed by atoms with Crippen molar-refractivity contribution < 1.29 is 19.0 Å². The van der Waals surface area contributed by atoms with Crippen molar-refractivity contribution in [3.63, 3.8) is 0 Å². The fourth-order valence-corrected chi connectivity index (χ4v) is 3.83. The number of nitrogens with zero attached hydrogens (tertiary/aromatic N) is 1. The molecule has 0 spiro atoms. The van der Waals surface area contributed by atoms with Gasteiger partial charge in [-0.05, 0) is 38.5 Å². The quantitative estimate of drug-likeness (QED) is 0.673. The second-order valence-electron chi connectivity index (χ2n) is 6.00. The van der Waals surface area contributed by atoms with Crippen LogP contribution in [0.4, 0.5) is 0 Å². The molecule has 1 aromatic carbocycles.